The SMILES string of the molecule is CN(C)Cc1ccc(F)cc1C#CCN. The highest BCUT2D eigenvalue weighted by Gasteiger charge is 2.02. The predicted molar refractivity (Wildman–Crippen MR) is 59.7 cm³/mol. The molecule has 80 valence electrons. The third kappa shape index (κ3) is 3.70. The highest BCUT2D eigenvalue weighted by molar-refractivity contribution is 5.41. The molecule has 0 amide bonds. The number of hydrogen-bond acceptors (Lipinski definition) is 2. The van der Waals surface area contributed by atoms with Gasteiger partial charge in [-0.1, -0.05) is 17.9 Å². The van der Waals surface area contributed by atoms with E-state index >= 15 is 0 Å². The lowest BCUT2D eigenvalue weighted by molar-refractivity contribution is 0.402. The lowest BCUT2D eigenvalue weighted by atomic mass is 10.1. The summed E-state index contributed by atoms with van der Waals surface area (Å²) in [6.07, 6.45) is 0. The molecule has 0 aliphatic carbocycles. The zero-order valence-electron chi connectivity index (χ0n) is 9.05. The third-order valence-corrected chi connectivity index (χ3v) is 1.88. The maximum Gasteiger partial charge on any atom is 0.124 e. The number of hydrogen-bond donors (Lipinski definition) is 1. The van der Waals surface area contributed by atoms with Gasteiger partial charge in [0.05, 0.1) is 6.54 Å². The molecule has 1 aromatic rings. The number of benzene rings is 1. The van der Waals surface area contributed by atoms with Crippen LogP contribution in [0.3, 0.4) is 0 Å². The molecule has 0 saturated heterocycles. The first-order valence-corrected chi connectivity index (χ1v) is 4.75. The van der Waals surface area contributed by atoms with Gasteiger partial charge in [-0.25, -0.2) is 4.39 Å². The van der Waals surface area contributed by atoms with Gasteiger partial charge in [-0.15, -0.1) is 0 Å². The molecular formula is C12H15FN2. The summed E-state index contributed by atoms with van der Waals surface area (Å²) in [6, 6.07) is 4.66. The fourth-order valence-corrected chi connectivity index (χ4v) is 1.29. The molecule has 0 saturated carbocycles. The minimum Gasteiger partial charge on any atom is -0.320 e. The first-order valence-electron chi connectivity index (χ1n) is 4.75. The maximum atomic E-state index is 13.0. The summed E-state index contributed by atoms with van der Waals surface area (Å²) in [5.74, 6) is 5.35. The van der Waals surface area contributed by atoms with Gasteiger partial charge in [-0.05, 0) is 31.8 Å². The van der Waals surface area contributed by atoms with E-state index in [1.165, 1.54) is 12.1 Å². The van der Waals surface area contributed by atoms with Crippen molar-refractivity contribution in [3.8, 4) is 11.8 Å². The topological polar surface area (TPSA) is 29.3 Å². The molecule has 0 fully saturated rings. The fraction of sp³-hybridized carbons (Fsp3) is 0.333. The van der Waals surface area contributed by atoms with E-state index in [0.29, 0.717) is 5.56 Å². The standard InChI is InChI=1S/C12H15FN2/c1-15(2)9-11-5-6-12(13)8-10(11)4-3-7-14/h5-6,8H,7,9,14H2,1-2H3. The van der Waals surface area contributed by atoms with Gasteiger partial charge in [-0.2, -0.15) is 0 Å². The molecule has 0 atom stereocenters. The zero-order chi connectivity index (χ0) is 11.3. The van der Waals surface area contributed by atoms with E-state index in [9.17, 15) is 4.39 Å². The van der Waals surface area contributed by atoms with Crippen LogP contribution in [0.2, 0.25) is 0 Å². The Balaban J connectivity index is 3.03. The molecule has 0 aromatic heterocycles. The van der Waals surface area contributed by atoms with Crippen LogP contribution in [0.25, 0.3) is 0 Å². The maximum absolute atomic E-state index is 13.0. The zero-order valence-corrected chi connectivity index (χ0v) is 9.05. The van der Waals surface area contributed by atoms with E-state index in [0.717, 1.165) is 12.1 Å². The summed E-state index contributed by atoms with van der Waals surface area (Å²) in [7, 11) is 3.92. The van der Waals surface area contributed by atoms with Crippen LogP contribution in [0.5, 0.6) is 0 Å². The highest BCUT2D eigenvalue weighted by atomic mass is 19.1. The van der Waals surface area contributed by atoms with Crippen LogP contribution in [-0.2, 0) is 6.54 Å². The van der Waals surface area contributed by atoms with Crippen molar-refractivity contribution in [1.29, 1.82) is 0 Å². The summed E-state index contributed by atoms with van der Waals surface area (Å²) >= 11 is 0. The van der Waals surface area contributed by atoms with Crippen molar-refractivity contribution in [3.05, 3.63) is 35.1 Å². The molecule has 15 heavy (non-hydrogen) atoms. The summed E-state index contributed by atoms with van der Waals surface area (Å²) in [5, 5.41) is 0. The Morgan fingerprint density at radius 3 is 2.73 bits per heavy atom. The average Bonchev–Trinajstić information content (AvgIpc) is 2.18. The fourth-order valence-electron chi connectivity index (χ4n) is 1.29. The minimum atomic E-state index is -0.265. The van der Waals surface area contributed by atoms with Gasteiger partial charge in [0.15, 0.2) is 0 Å². The first kappa shape index (κ1) is 11.7. The van der Waals surface area contributed by atoms with E-state index in [4.69, 9.17) is 5.73 Å². The lowest BCUT2D eigenvalue weighted by Gasteiger charge is -2.11. The van der Waals surface area contributed by atoms with E-state index in [1.54, 1.807) is 6.07 Å². The Labute approximate surface area is 89.9 Å². The van der Waals surface area contributed by atoms with Crippen molar-refractivity contribution in [2.24, 2.45) is 5.73 Å². The van der Waals surface area contributed by atoms with Crippen molar-refractivity contribution in [2.75, 3.05) is 20.6 Å². The van der Waals surface area contributed by atoms with Crippen molar-refractivity contribution in [1.82, 2.24) is 4.90 Å². The Hall–Kier alpha value is -1.37. The first-order chi connectivity index (χ1) is 7.13. The molecule has 0 aliphatic rings. The third-order valence-electron chi connectivity index (χ3n) is 1.88. The molecule has 0 unspecified atom stereocenters. The second-order valence-corrected chi connectivity index (χ2v) is 3.55. The molecule has 1 rings (SSSR count). The average molecular weight is 206 g/mol. The molecule has 3 heteroatoms. The van der Waals surface area contributed by atoms with Gasteiger partial charge >= 0.3 is 0 Å². The van der Waals surface area contributed by atoms with Crippen LogP contribution in [0, 0.1) is 17.7 Å². The second kappa shape index (κ2) is 5.50. The van der Waals surface area contributed by atoms with Gasteiger partial charge in [0.2, 0.25) is 0 Å². The van der Waals surface area contributed by atoms with E-state index in [2.05, 4.69) is 11.8 Å². The van der Waals surface area contributed by atoms with Crippen molar-refractivity contribution < 1.29 is 4.39 Å². The highest BCUT2D eigenvalue weighted by Crippen LogP contribution is 2.11. The number of rotatable bonds is 2. The molecule has 1 aromatic carbocycles. The number of nitrogens with two attached hydrogens (primary N) is 1. The van der Waals surface area contributed by atoms with Crippen LogP contribution in [-0.4, -0.2) is 25.5 Å². The lowest BCUT2D eigenvalue weighted by Crippen LogP contribution is -2.12. The second-order valence-electron chi connectivity index (χ2n) is 3.55. The summed E-state index contributed by atoms with van der Waals surface area (Å²) in [6.45, 7) is 1.03. The molecule has 0 spiro atoms. The smallest absolute Gasteiger partial charge is 0.124 e. The van der Waals surface area contributed by atoms with Crippen LogP contribution < -0.4 is 5.73 Å². The summed E-state index contributed by atoms with van der Waals surface area (Å²) in [4.78, 5) is 2.01. The molecule has 0 bridgehead atoms. The van der Waals surface area contributed by atoms with Gasteiger partial charge in [0.1, 0.15) is 5.82 Å². The molecule has 0 radical (unpaired) electrons. The van der Waals surface area contributed by atoms with Crippen molar-refractivity contribution in [2.45, 2.75) is 6.54 Å². The van der Waals surface area contributed by atoms with Crippen LogP contribution in [0.1, 0.15) is 11.1 Å². The minimum absolute atomic E-state index is 0.265. The van der Waals surface area contributed by atoms with E-state index in [1.807, 2.05) is 19.0 Å². The van der Waals surface area contributed by atoms with Crippen LogP contribution >= 0.6 is 0 Å². The number of halogens is 1. The Morgan fingerprint density at radius 2 is 2.13 bits per heavy atom. The largest absolute Gasteiger partial charge is 0.320 e. The van der Waals surface area contributed by atoms with Gasteiger partial charge < -0.3 is 10.6 Å². The quantitative estimate of drug-likeness (QED) is 0.737. The normalized spacial score (nSPS) is 9.93. The molecule has 0 aliphatic heterocycles. The monoisotopic (exact) mass is 206 g/mol. The summed E-state index contributed by atoms with van der Waals surface area (Å²) in [5.41, 5.74) is 7.02. The van der Waals surface area contributed by atoms with Gasteiger partial charge in [0.25, 0.3) is 0 Å². The van der Waals surface area contributed by atoms with E-state index < -0.39 is 0 Å². The van der Waals surface area contributed by atoms with Gasteiger partial charge in [-0.3, -0.25) is 0 Å². The Kier molecular flexibility index (Phi) is 4.29. The Bertz CT molecular complexity index is 388. The Morgan fingerprint density at radius 1 is 1.40 bits per heavy atom. The molecule has 2 N–H and O–H groups in total. The van der Waals surface area contributed by atoms with Crippen LogP contribution in [0.4, 0.5) is 4.39 Å². The molecular weight excluding hydrogens is 191 g/mol. The molecule has 0 heterocycles. The molecule has 2 nitrogen and oxygen atoms in total. The number of nitrogens with zero attached hydrogens (tertiary/aromatic N) is 1. The van der Waals surface area contributed by atoms with Crippen molar-refractivity contribution in [3.63, 3.8) is 0 Å². The summed E-state index contributed by atoms with van der Waals surface area (Å²) < 4.78 is 13.0. The van der Waals surface area contributed by atoms with Gasteiger partial charge in [0, 0.05) is 12.1 Å². The van der Waals surface area contributed by atoms with Crippen molar-refractivity contribution >= 4 is 0 Å². The van der Waals surface area contributed by atoms with Crippen LogP contribution in [0.15, 0.2) is 18.2 Å². The predicted octanol–water partition coefficient (Wildman–Crippen LogP) is 1.20. The van der Waals surface area contributed by atoms with E-state index in [-0.39, 0.29) is 12.4 Å².